The maximum Gasteiger partial charge on any atom is 0.244 e. The minimum Gasteiger partial charge on any atom is -0.354 e. The molecule has 0 saturated heterocycles. The van der Waals surface area contributed by atoms with Gasteiger partial charge in [-0.2, -0.15) is 0 Å². The van der Waals surface area contributed by atoms with E-state index >= 15 is 0 Å². The molecule has 1 N–H and O–H groups in total. The third kappa shape index (κ3) is 8.09. The lowest BCUT2D eigenvalue weighted by Crippen LogP contribution is -2.52. The molecular formula is C27H39N3O4S. The molecule has 0 heterocycles. The molecule has 0 aromatic heterocycles. The molecule has 0 saturated carbocycles. The number of carbonyl (C=O) groups excluding carboxylic acids is 2. The van der Waals surface area contributed by atoms with Crippen molar-refractivity contribution in [2.75, 3.05) is 23.7 Å². The Morgan fingerprint density at radius 2 is 1.60 bits per heavy atom. The molecule has 8 heteroatoms. The van der Waals surface area contributed by atoms with Gasteiger partial charge in [-0.3, -0.25) is 13.9 Å². The Kier molecular flexibility index (Phi) is 10.8. The monoisotopic (exact) mass is 501 g/mol. The maximum absolute atomic E-state index is 13.7. The van der Waals surface area contributed by atoms with Gasteiger partial charge in [0, 0.05) is 13.1 Å². The lowest BCUT2D eigenvalue weighted by atomic mass is 10.0. The van der Waals surface area contributed by atoms with Gasteiger partial charge in [0.15, 0.2) is 0 Å². The number of nitrogens with one attached hydrogen (secondary N) is 1. The average molecular weight is 502 g/mol. The topological polar surface area (TPSA) is 86.8 Å². The zero-order valence-corrected chi connectivity index (χ0v) is 22.3. The van der Waals surface area contributed by atoms with Crippen LogP contribution >= 0.6 is 0 Å². The van der Waals surface area contributed by atoms with Crippen LogP contribution in [0.25, 0.3) is 0 Å². The quantitative estimate of drug-likeness (QED) is 0.415. The number of hydrogen-bond donors (Lipinski definition) is 1. The number of carbonyl (C=O) groups is 2. The number of amides is 2. The predicted molar refractivity (Wildman–Crippen MR) is 142 cm³/mol. The minimum absolute atomic E-state index is 0.0682. The largest absolute Gasteiger partial charge is 0.354 e. The Bertz CT molecular complexity index is 1070. The molecule has 192 valence electrons. The first-order valence-corrected chi connectivity index (χ1v) is 14.1. The lowest BCUT2D eigenvalue weighted by Gasteiger charge is -2.33. The predicted octanol–water partition coefficient (Wildman–Crippen LogP) is 4.30. The van der Waals surface area contributed by atoms with E-state index in [0.29, 0.717) is 18.7 Å². The number of rotatable bonds is 13. The number of sulfonamides is 1. The van der Waals surface area contributed by atoms with Crippen molar-refractivity contribution in [3.05, 3.63) is 65.7 Å². The Morgan fingerprint density at radius 1 is 0.971 bits per heavy atom. The maximum atomic E-state index is 13.7. The van der Waals surface area contributed by atoms with Gasteiger partial charge in [0.25, 0.3) is 0 Å². The van der Waals surface area contributed by atoms with Gasteiger partial charge >= 0.3 is 0 Å². The van der Waals surface area contributed by atoms with Gasteiger partial charge in [0.05, 0.1) is 11.9 Å². The van der Waals surface area contributed by atoms with E-state index in [-0.39, 0.29) is 24.9 Å². The van der Waals surface area contributed by atoms with E-state index in [9.17, 15) is 18.0 Å². The summed E-state index contributed by atoms with van der Waals surface area (Å²) in [5, 5.41) is 2.93. The van der Waals surface area contributed by atoms with Crippen LogP contribution in [0.2, 0.25) is 0 Å². The second kappa shape index (κ2) is 13.3. The van der Waals surface area contributed by atoms with Crippen molar-refractivity contribution in [1.29, 1.82) is 0 Å². The van der Waals surface area contributed by atoms with Gasteiger partial charge in [-0.15, -0.1) is 0 Å². The second-order valence-corrected chi connectivity index (χ2v) is 11.0. The van der Waals surface area contributed by atoms with E-state index in [2.05, 4.69) is 5.32 Å². The van der Waals surface area contributed by atoms with Crippen LogP contribution < -0.4 is 9.62 Å². The van der Waals surface area contributed by atoms with Crippen LogP contribution in [0.3, 0.4) is 0 Å². The zero-order valence-electron chi connectivity index (χ0n) is 21.5. The van der Waals surface area contributed by atoms with Crippen LogP contribution in [0.15, 0.2) is 54.6 Å². The second-order valence-electron chi connectivity index (χ2n) is 9.06. The van der Waals surface area contributed by atoms with Crippen molar-refractivity contribution >= 4 is 27.5 Å². The summed E-state index contributed by atoms with van der Waals surface area (Å²) in [5.74, 6) is -0.576. The molecule has 0 spiro atoms. The fourth-order valence-electron chi connectivity index (χ4n) is 4.00. The standard InChI is InChI=1S/C27H39N3O4S/c1-6-8-18-28-27(32)24(7-2)29(19-22-14-10-9-11-15-22)26(31)20-30(35(5,33)34)25-17-13-12-16-23(25)21(3)4/h9-17,21,24H,6-8,18-20H2,1-5H3,(H,28,32). The molecule has 0 aliphatic carbocycles. The normalized spacial score (nSPS) is 12.3. The van der Waals surface area contributed by atoms with Crippen LogP contribution in [0.4, 0.5) is 5.69 Å². The summed E-state index contributed by atoms with van der Waals surface area (Å²) in [6.07, 6.45) is 3.32. The van der Waals surface area contributed by atoms with Crippen molar-refractivity contribution in [2.24, 2.45) is 0 Å². The lowest BCUT2D eigenvalue weighted by molar-refractivity contribution is -0.140. The highest BCUT2D eigenvalue weighted by molar-refractivity contribution is 7.92. The fraction of sp³-hybridized carbons (Fsp3) is 0.481. The Hall–Kier alpha value is -2.87. The molecule has 2 aromatic carbocycles. The highest BCUT2D eigenvalue weighted by Gasteiger charge is 2.32. The number of anilines is 1. The first-order valence-electron chi connectivity index (χ1n) is 12.3. The molecule has 2 amide bonds. The van der Waals surface area contributed by atoms with Crippen molar-refractivity contribution in [3.63, 3.8) is 0 Å². The fourth-order valence-corrected chi connectivity index (χ4v) is 4.87. The van der Waals surface area contributed by atoms with Crippen molar-refractivity contribution in [1.82, 2.24) is 10.2 Å². The van der Waals surface area contributed by atoms with E-state index in [4.69, 9.17) is 0 Å². The summed E-state index contributed by atoms with van der Waals surface area (Å²) in [5.41, 5.74) is 2.19. The molecule has 0 aliphatic heterocycles. The van der Waals surface area contributed by atoms with Crippen LogP contribution in [-0.4, -0.2) is 50.5 Å². The molecular weight excluding hydrogens is 462 g/mol. The average Bonchev–Trinajstić information content (AvgIpc) is 2.82. The molecule has 0 fully saturated rings. The molecule has 1 atom stereocenters. The molecule has 35 heavy (non-hydrogen) atoms. The van der Waals surface area contributed by atoms with Gasteiger partial charge in [-0.25, -0.2) is 8.42 Å². The smallest absolute Gasteiger partial charge is 0.244 e. The third-order valence-corrected chi connectivity index (χ3v) is 7.04. The van der Waals surface area contributed by atoms with Gasteiger partial charge < -0.3 is 10.2 Å². The Labute approximate surface area is 210 Å². The molecule has 0 radical (unpaired) electrons. The van der Waals surface area contributed by atoms with E-state index in [0.717, 1.165) is 34.5 Å². The van der Waals surface area contributed by atoms with Crippen molar-refractivity contribution in [2.45, 2.75) is 65.5 Å². The van der Waals surface area contributed by atoms with Crippen LogP contribution in [0.5, 0.6) is 0 Å². The number of para-hydroxylation sites is 1. The van der Waals surface area contributed by atoms with Gasteiger partial charge in [-0.05, 0) is 36.0 Å². The first kappa shape index (κ1) is 28.4. The number of nitrogens with zero attached hydrogens (tertiary/aromatic N) is 2. The molecule has 0 aliphatic rings. The van der Waals surface area contributed by atoms with E-state index < -0.39 is 22.0 Å². The van der Waals surface area contributed by atoms with Crippen molar-refractivity contribution < 1.29 is 18.0 Å². The Balaban J connectivity index is 2.44. The molecule has 1 unspecified atom stereocenters. The van der Waals surface area contributed by atoms with Crippen LogP contribution in [-0.2, 0) is 26.2 Å². The third-order valence-electron chi connectivity index (χ3n) is 5.92. The molecule has 2 aromatic rings. The van der Waals surface area contributed by atoms with Crippen LogP contribution in [0.1, 0.15) is 64.0 Å². The minimum atomic E-state index is -3.76. The first-order chi connectivity index (χ1) is 16.6. The van der Waals surface area contributed by atoms with Gasteiger partial charge in [0.1, 0.15) is 12.6 Å². The van der Waals surface area contributed by atoms with E-state index in [1.165, 1.54) is 4.90 Å². The summed E-state index contributed by atoms with van der Waals surface area (Å²) in [6, 6.07) is 15.9. The van der Waals surface area contributed by atoms with Crippen LogP contribution in [0, 0.1) is 0 Å². The number of unbranched alkanes of at least 4 members (excludes halogenated alkanes) is 1. The van der Waals surface area contributed by atoms with E-state index in [1.54, 1.807) is 12.1 Å². The number of benzene rings is 2. The SMILES string of the molecule is CCCCNC(=O)C(CC)N(Cc1ccccc1)C(=O)CN(c1ccccc1C(C)C)S(C)(=O)=O. The summed E-state index contributed by atoms with van der Waals surface area (Å²) < 4.78 is 26.9. The Morgan fingerprint density at radius 3 is 2.17 bits per heavy atom. The summed E-state index contributed by atoms with van der Waals surface area (Å²) in [6.45, 7) is 8.24. The molecule has 0 bridgehead atoms. The summed E-state index contributed by atoms with van der Waals surface area (Å²) >= 11 is 0. The van der Waals surface area contributed by atoms with Gasteiger partial charge in [-0.1, -0.05) is 82.6 Å². The van der Waals surface area contributed by atoms with E-state index in [1.807, 2.05) is 70.2 Å². The van der Waals surface area contributed by atoms with Crippen molar-refractivity contribution in [3.8, 4) is 0 Å². The van der Waals surface area contributed by atoms with Gasteiger partial charge in [0.2, 0.25) is 21.8 Å². The molecule has 2 rings (SSSR count). The number of hydrogen-bond acceptors (Lipinski definition) is 4. The summed E-state index contributed by atoms with van der Waals surface area (Å²) in [4.78, 5) is 28.3. The molecule has 7 nitrogen and oxygen atoms in total. The highest BCUT2D eigenvalue weighted by atomic mass is 32.2. The summed E-state index contributed by atoms with van der Waals surface area (Å²) in [7, 11) is -3.76. The highest BCUT2D eigenvalue weighted by Crippen LogP contribution is 2.29. The zero-order chi connectivity index (χ0) is 26.0.